The second-order valence-electron chi connectivity index (χ2n) is 9.48. The van der Waals surface area contributed by atoms with Crippen LogP contribution in [0.15, 0.2) is 72.8 Å². The van der Waals surface area contributed by atoms with Gasteiger partial charge in [0.25, 0.3) is 5.91 Å². The fourth-order valence-electron chi connectivity index (χ4n) is 4.57. The maximum absolute atomic E-state index is 13.2. The molecule has 0 saturated heterocycles. The van der Waals surface area contributed by atoms with Gasteiger partial charge in [0.1, 0.15) is 0 Å². The van der Waals surface area contributed by atoms with Crippen LogP contribution in [0.3, 0.4) is 0 Å². The Morgan fingerprint density at radius 3 is 2.12 bits per heavy atom. The molecule has 1 aliphatic rings. The molecule has 0 bridgehead atoms. The van der Waals surface area contributed by atoms with Crippen molar-refractivity contribution in [3.63, 3.8) is 0 Å². The maximum atomic E-state index is 13.2. The van der Waals surface area contributed by atoms with E-state index >= 15 is 0 Å². The standard InChI is InChI=1S/C29H31F3N4O3S/c1-3-16-36(17-4-2)19-20-10-12-22(13-11-20)33-27(21-8-6-5-7-9-21)26-24-18-23(14-15-25(24)34-28(26)37)35-40(38,39)29(30,31)32/h5-15,18,33,35H,3-4,16-17,19H2,1-2H3,(H,34,37)/b27-26-. The first kappa shape index (κ1) is 29.2. The minimum Gasteiger partial charge on any atom is -0.354 e. The van der Waals surface area contributed by atoms with Gasteiger partial charge in [-0.15, -0.1) is 0 Å². The Morgan fingerprint density at radius 2 is 1.52 bits per heavy atom. The summed E-state index contributed by atoms with van der Waals surface area (Å²) >= 11 is 0. The Labute approximate surface area is 232 Å². The second kappa shape index (κ2) is 12.1. The SMILES string of the molecule is CCCN(CCC)Cc1ccc(N/C(=C2\C(=O)Nc3ccc(NS(=O)(=O)C(F)(F)F)cc32)c2ccccc2)cc1. The van der Waals surface area contributed by atoms with Crippen LogP contribution < -0.4 is 15.4 Å². The molecule has 3 aromatic rings. The van der Waals surface area contributed by atoms with Gasteiger partial charge in [-0.1, -0.05) is 56.3 Å². The number of anilines is 3. The number of hydrogen-bond acceptors (Lipinski definition) is 5. The Kier molecular flexibility index (Phi) is 8.85. The lowest BCUT2D eigenvalue weighted by Crippen LogP contribution is -2.29. The molecule has 3 N–H and O–H groups in total. The van der Waals surface area contributed by atoms with Gasteiger partial charge < -0.3 is 10.6 Å². The summed E-state index contributed by atoms with van der Waals surface area (Å²) in [6.07, 6.45) is 2.13. The van der Waals surface area contributed by atoms with Crippen molar-refractivity contribution in [1.82, 2.24) is 4.90 Å². The van der Waals surface area contributed by atoms with E-state index in [2.05, 4.69) is 29.4 Å². The molecule has 11 heteroatoms. The topological polar surface area (TPSA) is 90.5 Å². The van der Waals surface area contributed by atoms with E-state index in [1.54, 1.807) is 29.0 Å². The molecule has 7 nitrogen and oxygen atoms in total. The highest BCUT2D eigenvalue weighted by Crippen LogP contribution is 2.39. The van der Waals surface area contributed by atoms with Crippen molar-refractivity contribution in [1.29, 1.82) is 0 Å². The van der Waals surface area contributed by atoms with E-state index in [0.29, 0.717) is 22.6 Å². The highest BCUT2D eigenvalue weighted by molar-refractivity contribution is 7.93. The van der Waals surface area contributed by atoms with Crippen molar-refractivity contribution in [3.05, 3.63) is 89.5 Å². The molecule has 0 spiro atoms. The molecule has 0 atom stereocenters. The number of halogens is 3. The summed E-state index contributed by atoms with van der Waals surface area (Å²) in [5.41, 5.74) is -2.04. The van der Waals surface area contributed by atoms with E-state index in [4.69, 9.17) is 0 Å². The minimum atomic E-state index is -5.63. The number of benzene rings is 3. The average Bonchev–Trinajstić information content (AvgIpc) is 3.23. The van der Waals surface area contributed by atoms with Gasteiger partial charge in [-0.05, 0) is 67.4 Å². The van der Waals surface area contributed by atoms with Crippen LogP contribution in [0.4, 0.5) is 30.2 Å². The van der Waals surface area contributed by atoms with Crippen molar-refractivity contribution in [2.75, 3.05) is 28.4 Å². The highest BCUT2D eigenvalue weighted by Gasteiger charge is 2.46. The van der Waals surface area contributed by atoms with E-state index in [1.807, 2.05) is 30.3 Å². The van der Waals surface area contributed by atoms with Crippen molar-refractivity contribution in [2.24, 2.45) is 0 Å². The Bertz CT molecular complexity index is 1480. The summed E-state index contributed by atoms with van der Waals surface area (Å²) < 4.78 is 63.8. The summed E-state index contributed by atoms with van der Waals surface area (Å²) in [6.45, 7) is 7.14. The van der Waals surface area contributed by atoms with E-state index in [1.165, 1.54) is 18.2 Å². The molecule has 0 saturated carbocycles. The first-order chi connectivity index (χ1) is 19.0. The van der Waals surface area contributed by atoms with Gasteiger partial charge in [0.15, 0.2) is 0 Å². The molecule has 0 aromatic heterocycles. The number of hydrogen-bond donors (Lipinski definition) is 3. The summed E-state index contributed by atoms with van der Waals surface area (Å²) in [5, 5.41) is 6.03. The number of alkyl halides is 3. The van der Waals surface area contributed by atoms with Crippen LogP contribution in [0.25, 0.3) is 11.3 Å². The third kappa shape index (κ3) is 6.65. The fourth-order valence-corrected chi connectivity index (χ4v) is 5.13. The number of sulfonamides is 1. The average molecular weight is 573 g/mol. The Hall–Kier alpha value is -3.83. The molecule has 0 radical (unpaired) electrons. The Balaban J connectivity index is 1.71. The van der Waals surface area contributed by atoms with Gasteiger partial charge in [-0.2, -0.15) is 21.6 Å². The van der Waals surface area contributed by atoms with Crippen molar-refractivity contribution in [2.45, 2.75) is 38.7 Å². The number of amides is 1. The molecular weight excluding hydrogens is 541 g/mol. The van der Waals surface area contributed by atoms with E-state index in [0.717, 1.165) is 38.0 Å². The number of rotatable bonds is 11. The lowest BCUT2D eigenvalue weighted by molar-refractivity contribution is -0.110. The number of nitrogens with zero attached hydrogens (tertiary/aromatic N) is 1. The predicted octanol–water partition coefficient (Wildman–Crippen LogP) is 6.50. The summed E-state index contributed by atoms with van der Waals surface area (Å²) in [5.74, 6) is -0.469. The van der Waals surface area contributed by atoms with Crippen LogP contribution in [0.5, 0.6) is 0 Å². The van der Waals surface area contributed by atoms with Gasteiger partial charge in [-0.25, -0.2) is 0 Å². The van der Waals surface area contributed by atoms with Crippen LogP contribution >= 0.6 is 0 Å². The zero-order chi connectivity index (χ0) is 28.9. The monoisotopic (exact) mass is 572 g/mol. The lowest BCUT2D eigenvalue weighted by atomic mass is 9.99. The summed E-state index contributed by atoms with van der Waals surface area (Å²) in [7, 11) is -5.63. The number of nitrogens with one attached hydrogen (secondary N) is 3. The quantitative estimate of drug-likeness (QED) is 0.228. The zero-order valence-corrected chi connectivity index (χ0v) is 23.0. The van der Waals surface area contributed by atoms with E-state index < -0.39 is 21.4 Å². The number of carbonyl (C=O) groups is 1. The normalized spacial score (nSPS) is 14.6. The number of fused-ring (bicyclic) bond motifs is 1. The molecule has 0 aliphatic carbocycles. The predicted molar refractivity (Wildman–Crippen MR) is 153 cm³/mol. The van der Waals surface area contributed by atoms with Crippen LogP contribution in [0, 0.1) is 0 Å². The van der Waals surface area contributed by atoms with Gasteiger partial charge in [0.2, 0.25) is 0 Å². The lowest BCUT2D eigenvalue weighted by Gasteiger charge is -2.21. The molecule has 1 heterocycles. The summed E-state index contributed by atoms with van der Waals surface area (Å²) in [4.78, 5) is 15.6. The second-order valence-corrected chi connectivity index (χ2v) is 11.2. The zero-order valence-electron chi connectivity index (χ0n) is 22.2. The summed E-state index contributed by atoms with van der Waals surface area (Å²) in [6, 6.07) is 20.6. The molecule has 0 fully saturated rings. The van der Waals surface area contributed by atoms with Crippen LogP contribution in [-0.4, -0.2) is 37.8 Å². The van der Waals surface area contributed by atoms with Crippen LogP contribution in [0.2, 0.25) is 0 Å². The van der Waals surface area contributed by atoms with Crippen molar-refractivity contribution < 1.29 is 26.4 Å². The smallest absolute Gasteiger partial charge is 0.354 e. The molecular formula is C29H31F3N4O3S. The highest BCUT2D eigenvalue weighted by atomic mass is 32.2. The molecule has 1 aliphatic heterocycles. The van der Waals surface area contributed by atoms with Gasteiger partial charge >= 0.3 is 15.5 Å². The maximum Gasteiger partial charge on any atom is 0.516 e. The van der Waals surface area contributed by atoms with Crippen LogP contribution in [0.1, 0.15) is 43.4 Å². The van der Waals surface area contributed by atoms with Crippen molar-refractivity contribution >= 4 is 44.3 Å². The third-order valence-corrected chi connectivity index (χ3v) is 7.46. The fraction of sp³-hybridized carbons (Fsp3) is 0.276. The molecule has 3 aromatic carbocycles. The molecule has 0 unspecified atom stereocenters. The van der Waals surface area contributed by atoms with Gasteiger partial charge in [0, 0.05) is 29.2 Å². The van der Waals surface area contributed by atoms with Crippen LogP contribution in [-0.2, 0) is 21.4 Å². The number of carbonyl (C=O) groups excluding carboxylic acids is 1. The molecule has 1 amide bonds. The molecule has 4 rings (SSSR count). The Morgan fingerprint density at radius 1 is 0.900 bits per heavy atom. The van der Waals surface area contributed by atoms with Gasteiger partial charge in [-0.3, -0.25) is 14.4 Å². The van der Waals surface area contributed by atoms with Crippen molar-refractivity contribution in [3.8, 4) is 0 Å². The molecule has 40 heavy (non-hydrogen) atoms. The first-order valence-electron chi connectivity index (χ1n) is 12.9. The minimum absolute atomic E-state index is 0.176. The third-order valence-electron chi connectivity index (χ3n) is 6.34. The molecule has 212 valence electrons. The van der Waals surface area contributed by atoms with Gasteiger partial charge in [0.05, 0.1) is 11.3 Å². The van der Waals surface area contributed by atoms with E-state index in [-0.39, 0.29) is 16.8 Å². The largest absolute Gasteiger partial charge is 0.516 e. The van der Waals surface area contributed by atoms with E-state index in [9.17, 15) is 26.4 Å². The first-order valence-corrected chi connectivity index (χ1v) is 14.4.